The summed E-state index contributed by atoms with van der Waals surface area (Å²) in [5, 5.41) is 111. The van der Waals surface area contributed by atoms with Crippen molar-refractivity contribution in [1.82, 2.24) is 128 Å². The fourth-order valence-electron chi connectivity index (χ4n) is 14.4. The minimum atomic E-state index is -1.82. The fourth-order valence-corrected chi connectivity index (χ4v) is 21.4. The number of hydrogen-bond donors (Lipinski definition) is 36. The van der Waals surface area contributed by atoms with E-state index in [0.717, 1.165) is 64.8 Å². The highest BCUT2D eigenvalue weighted by molar-refractivity contribution is 8.77. The SMILES string of the molecule is CC[C@H](C)[C@@H]1NC(=O)[C@@H]2CSSC[C@H](NC(=O)[C@H](CCCNC(=N)N)NC(=O)[C@@H]3CSSC[C@H](NC1=O)C(=O)N[C@@H](CCCNC(=N)N)C(=O)N[C@@H](CCCNC(=N)N)C(=O)NCC(=O)N[C@@H](Cc1ccccc1)C(=O)N3)C(=O)N[C@@H](CC(C)C)C(=O)N[C@H]1CSSC[C@H](NC(=O)[C@H](C(C)C)NC(=O)CNC(=O)[C@H](CCCNC(=N)N)NC(=O)[C@H](CCCNC(=N)N)NC1=O)C(=O)N[C@@H](CCCNC(=N)N)C(=O)N2. The summed E-state index contributed by atoms with van der Waals surface area (Å²) in [6.45, 7) is 7.75. The van der Waals surface area contributed by atoms with E-state index in [0.29, 0.717) is 5.56 Å². The van der Waals surface area contributed by atoms with Crippen LogP contribution in [0.2, 0.25) is 0 Å². The quantitative estimate of drug-likeness (QED) is 0.0142. The number of nitrogens with two attached hydrogens (primary N) is 6. The normalized spacial score (nSPS) is 25.4. The van der Waals surface area contributed by atoms with Crippen molar-refractivity contribution in [2.45, 2.75) is 235 Å². The van der Waals surface area contributed by atoms with Crippen molar-refractivity contribution in [3.8, 4) is 0 Å². The van der Waals surface area contributed by atoms with Gasteiger partial charge in [-0.05, 0) is 107 Å². The molecular weight excluding hydrogens is 1990 g/mol. The van der Waals surface area contributed by atoms with E-state index in [1.807, 2.05) is 0 Å². The molecule has 60 heteroatoms. The highest BCUT2D eigenvalue weighted by Gasteiger charge is 2.42. The van der Waals surface area contributed by atoms with Gasteiger partial charge in [-0.1, -0.05) is 143 Å². The number of guanidine groups is 6. The van der Waals surface area contributed by atoms with Gasteiger partial charge in [0.2, 0.25) is 106 Å². The maximum Gasteiger partial charge on any atom is 0.244 e. The Hall–Kier alpha value is -12.6. The predicted molar refractivity (Wildman–Crippen MR) is 550 cm³/mol. The molecule has 802 valence electrons. The third-order valence-corrected chi connectivity index (χ3v) is 29.6. The molecule has 4 aliphatic rings. The minimum absolute atomic E-state index is 0.00111. The van der Waals surface area contributed by atoms with E-state index in [9.17, 15) is 33.6 Å². The zero-order valence-electron chi connectivity index (χ0n) is 81.1. The first-order chi connectivity index (χ1) is 68.3. The standard InChI is InChI=1S/C84H142N36O18S6/c1-7-43(6)62-78(138)118-57-39-143-140-36-54(116-70(130)52(32-44-17-9-8-10-18-44)105-59(121)33-103-63(123)45(19-11-25-97-79(85)86)106-66(126)48(109-74(57)134)22-14-28-100-82(91)92)72(132)110-49(23-15-29-101-83(93)94)67(127)113-55-37-141-144-40-58(76(136)120-62)114-68(128)50(24-16-30-102-84(95)96)111-73(133)56-38-142-139-35-53(115-69(129)51(31-41(2)3)112-75(55)135)71(131)108-47(21-13-27-99-81(89)90)65(125)107-46(20-12-26-98-80(87)88)64(124)104-34-60(122)119-61(42(4)5)77(137)117-56/h8-10,17-18,41-43,45-58,61-62H,7,11-16,19-40H2,1-6H3,(H,103,123)(H,104,124)(H,105,121)(H,106,126)(H,107,125)(H,108,131)(H,109,134)(H,110,132)(H,111,133)(H,112,135)(H,113,127)(H,114,128)(H,115,129)(H,116,130)(H,117,137)(H,118,138)(H,119,122)(H,120,136)(H4,85,86,97)(H4,87,88,98)(H4,89,90,99)(H4,91,92,100)(H4,93,94,101)(H4,95,96,102)/t43-,45-,46-,47-,48-,49-,50-,51-,52-,53-,54-,55-,56-,57-,58-,61-,62-/m0/s1. The van der Waals surface area contributed by atoms with Gasteiger partial charge in [-0.3, -0.25) is 119 Å². The van der Waals surface area contributed by atoms with Crippen molar-refractivity contribution in [2.24, 2.45) is 52.2 Å². The Balaban J connectivity index is 1.88. The second-order valence-electron chi connectivity index (χ2n) is 34.9. The number of amides is 18. The lowest BCUT2D eigenvalue weighted by molar-refractivity contribution is -0.136. The molecule has 42 N–H and O–H groups in total. The van der Waals surface area contributed by atoms with Crippen LogP contribution in [-0.2, 0) is 92.7 Å². The monoisotopic (exact) mass is 2130 g/mol. The zero-order valence-corrected chi connectivity index (χ0v) is 86.0. The number of benzene rings is 1. The summed E-state index contributed by atoms with van der Waals surface area (Å²) in [6, 6.07) is -18.4. The third kappa shape index (κ3) is 46.4. The van der Waals surface area contributed by atoms with E-state index in [2.05, 4.69) is 128 Å². The van der Waals surface area contributed by atoms with E-state index in [4.69, 9.17) is 66.9 Å². The zero-order chi connectivity index (χ0) is 107. The van der Waals surface area contributed by atoms with Crippen molar-refractivity contribution in [3.05, 3.63) is 35.9 Å². The average molecular weight is 2140 g/mol. The number of fused-ring (bicyclic) bond motifs is 15. The average Bonchev–Trinajstić information content (AvgIpc) is 0.845. The number of rotatable bonds is 31. The highest BCUT2D eigenvalue weighted by Crippen LogP contribution is 2.28. The van der Waals surface area contributed by atoms with Gasteiger partial charge in [0.15, 0.2) is 35.8 Å². The number of nitrogens with one attached hydrogen (secondary N) is 30. The highest BCUT2D eigenvalue weighted by atomic mass is 33.1. The van der Waals surface area contributed by atoms with Crippen molar-refractivity contribution in [1.29, 1.82) is 32.5 Å². The number of carbonyl (C=O) groups excluding carboxylic acids is 18. The second-order valence-corrected chi connectivity index (χ2v) is 42.6. The van der Waals surface area contributed by atoms with Crippen LogP contribution in [0.3, 0.4) is 0 Å². The molecule has 4 heterocycles. The lowest BCUT2D eigenvalue weighted by Gasteiger charge is -2.30. The summed E-state index contributed by atoms with van der Waals surface area (Å²) >= 11 is 0. The Morgan fingerprint density at radius 3 is 0.826 bits per heavy atom. The molecule has 0 aliphatic carbocycles. The molecule has 17 atom stereocenters. The molecule has 0 unspecified atom stereocenters. The Bertz CT molecular complexity index is 4620. The van der Waals surface area contributed by atoms with E-state index < -0.39 is 304 Å². The molecule has 18 amide bonds. The molecule has 4 aliphatic heterocycles. The minimum Gasteiger partial charge on any atom is -0.370 e. The van der Waals surface area contributed by atoms with Gasteiger partial charge in [0.05, 0.1) is 13.1 Å². The van der Waals surface area contributed by atoms with E-state index in [-0.39, 0.29) is 136 Å². The molecule has 4 saturated heterocycles. The van der Waals surface area contributed by atoms with Crippen molar-refractivity contribution in [2.75, 3.05) is 86.9 Å². The van der Waals surface area contributed by atoms with Crippen LogP contribution in [0.1, 0.15) is 137 Å². The molecule has 0 saturated carbocycles. The summed E-state index contributed by atoms with van der Waals surface area (Å²) in [5.74, 6) is -26.4. The molecule has 0 aromatic heterocycles. The Morgan fingerprint density at radius 1 is 0.299 bits per heavy atom. The number of hydrogen-bond acceptors (Lipinski definition) is 30. The van der Waals surface area contributed by atoms with Gasteiger partial charge in [0.25, 0.3) is 0 Å². The molecule has 4 fully saturated rings. The molecule has 54 nitrogen and oxygen atoms in total. The maximum absolute atomic E-state index is 15.8. The molecule has 0 spiro atoms. The van der Waals surface area contributed by atoms with Crippen molar-refractivity contribution in [3.63, 3.8) is 0 Å². The molecule has 1 aromatic rings. The molecule has 6 bridgehead atoms. The molecule has 1 aromatic carbocycles. The predicted octanol–water partition coefficient (Wildman–Crippen LogP) is -9.26. The van der Waals surface area contributed by atoms with Crippen LogP contribution in [0, 0.1) is 50.2 Å². The lowest BCUT2D eigenvalue weighted by atomic mass is 9.97. The van der Waals surface area contributed by atoms with Crippen LogP contribution in [0.25, 0.3) is 0 Å². The molecular formula is C84H142N36O18S6. The second kappa shape index (κ2) is 64.9. The van der Waals surface area contributed by atoms with Crippen LogP contribution in [0.5, 0.6) is 0 Å². The van der Waals surface area contributed by atoms with Gasteiger partial charge in [-0.2, -0.15) is 0 Å². The summed E-state index contributed by atoms with van der Waals surface area (Å²) in [5.41, 5.74) is 34.3. The van der Waals surface area contributed by atoms with E-state index in [1.165, 1.54) is 0 Å². The molecule has 5 rings (SSSR count). The molecule has 144 heavy (non-hydrogen) atoms. The van der Waals surface area contributed by atoms with Gasteiger partial charge in [0, 0.05) is 80.2 Å². The van der Waals surface area contributed by atoms with Gasteiger partial charge in [-0.25, -0.2) is 0 Å². The van der Waals surface area contributed by atoms with Crippen LogP contribution < -0.4 is 162 Å². The molecule has 0 radical (unpaired) electrons. The Kier molecular flexibility index (Phi) is 54.9. The topological polar surface area (TPSA) is 895 Å². The van der Waals surface area contributed by atoms with Gasteiger partial charge in [-0.15, -0.1) is 0 Å². The largest absolute Gasteiger partial charge is 0.370 e. The summed E-state index contributed by atoms with van der Waals surface area (Å²) in [4.78, 5) is 273. The van der Waals surface area contributed by atoms with Crippen LogP contribution in [-0.4, -0.2) is 326 Å². The van der Waals surface area contributed by atoms with Gasteiger partial charge < -0.3 is 162 Å². The smallest absolute Gasteiger partial charge is 0.244 e. The van der Waals surface area contributed by atoms with Crippen LogP contribution >= 0.6 is 64.8 Å². The first-order valence-corrected chi connectivity index (χ1v) is 54.4. The van der Waals surface area contributed by atoms with Gasteiger partial charge >= 0.3 is 0 Å². The summed E-state index contributed by atoms with van der Waals surface area (Å²) < 4.78 is 0. The van der Waals surface area contributed by atoms with E-state index >= 15 is 52.7 Å². The summed E-state index contributed by atoms with van der Waals surface area (Å²) in [6.07, 6.45) is -1.97. The Labute approximate surface area is 857 Å². The Morgan fingerprint density at radius 2 is 0.542 bits per heavy atom. The lowest BCUT2D eigenvalue weighted by Crippen LogP contribution is -2.62. The number of carbonyl (C=O) groups is 18. The van der Waals surface area contributed by atoms with Crippen LogP contribution in [0.15, 0.2) is 30.3 Å². The van der Waals surface area contributed by atoms with Crippen molar-refractivity contribution >= 4 is 207 Å². The first-order valence-electron chi connectivity index (χ1n) is 47.0. The van der Waals surface area contributed by atoms with E-state index in [1.54, 1.807) is 71.9 Å². The maximum atomic E-state index is 15.8. The van der Waals surface area contributed by atoms with Crippen LogP contribution in [0.4, 0.5) is 0 Å². The summed E-state index contributed by atoms with van der Waals surface area (Å²) in [7, 11) is 4.90. The van der Waals surface area contributed by atoms with Gasteiger partial charge in [0.1, 0.15) is 96.7 Å². The fraction of sp³-hybridized carbons (Fsp3) is 0.643. The first kappa shape index (κ1) is 122. The third-order valence-electron chi connectivity index (χ3n) is 22.3. The van der Waals surface area contributed by atoms with Crippen molar-refractivity contribution < 1.29 is 86.3 Å².